The Labute approximate surface area is 134 Å². The van der Waals surface area contributed by atoms with Gasteiger partial charge >= 0.3 is 0 Å². The fourth-order valence-corrected chi connectivity index (χ4v) is 3.48. The van der Waals surface area contributed by atoms with Crippen LogP contribution in [0.15, 0.2) is 24.3 Å². The third kappa shape index (κ3) is 4.98. The second-order valence-corrected chi connectivity index (χ2v) is 6.98. The van der Waals surface area contributed by atoms with E-state index in [1.807, 2.05) is 12.1 Å². The molecule has 2 nitrogen and oxygen atoms in total. The number of hydrogen-bond donors (Lipinski definition) is 1. The second-order valence-electron chi connectivity index (χ2n) is 6.55. The van der Waals surface area contributed by atoms with Gasteiger partial charge in [-0.05, 0) is 62.0 Å². The van der Waals surface area contributed by atoms with E-state index in [1.165, 1.54) is 31.6 Å². The van der Waals surface area contributed by atoms with Crippen molar-refractivity contribution >= 4 is 11.6 Å². The molecule has 118 valence electrons. The molecule has 1 aromatic carbocycles. The fourth-order valence-electron chi connectivity index (χ4n) is 3.28. The van der Waals surface area contributed by atoms with Crippen molar-refractivity contribution in [3.8, 4) is 0 Å². The highest BCUT2D eigenvalue weighted by molar-refractivity contribution is 6.30. The zero-order valence-corrected chi connectivity index (χ0v) is 14.4. The molecule has 0 amide bonds. The van der Waals surface area contributed by atoms with Crippen LogP contribution in [0.4, 0.5) is 0 Å². The van der Waals surface area contributed by atoms with Gasteiger partial charge in [0.1, 0.15) is 0 Å². The van der Waals surface area contributed by atoms with E-state index in [9.17, 15) is 0 Å². The third-order valence-corrected chi connectivity index (χ3v) is 4.92. The van der Waals surface area contributed by atoms with E-state index in [2.05, 4.69) is 43.1 Å². The van der Waals surface area contributed by atoms with Crippen molar-refractivity contribution in [1.29, 1.82) is 0 Å². The Balaban J connectivity index is 1.89. The lowest BCUT2D eigenvalue weighted by atomic mass is 9.95. The maximum Gasteiger partial charge on any atom is 0.0409 e. The molecule has 0 spiro atoms. The molecule has 1 heterocycles. The molecular formula is C18H29ClN2. The molecule has 0 bridgehead atoms. The molecule has 1 saturated heterocycles. The normalized spacial score (nSPS) is 21.1. The topological polar surface area (TPSA) is 15.3 Å². The first-order chi connectivity index (χ1) is 10.1. The number of likely N-dealkylation sites (tertiary alicyclic amines) is 1. The van der Waals surface area contributed by atoms with Gasteiger partial charge in [0.2, 0.25) is 0 Å². The number of rotatable bonds is 7. The molecule has 0 aromatic heterocycles. The summed E-state index contributed by atoms with van der Waals surface area (Å²) in [4.78, 5) is 2.62. The summed E-state index contributed by atoms with van der Waals surface area (Å²) in [6.45, 7) is 11.6. The Morgan fingerprint density at radius 1 is 1.38 bits per heavy atom. The van der Waals surface area contributed by atoms with Crippen LogP contribution in [0.2, 0.25) is 5.02 Å². The number of halogens is 1. The van der Waals surface area contributed by atoms with Gasteiger partial charge in [-0.2, -0.15) is 0 Å². The van der Waals surface area contributed by atoms with Gasteiger partial charge in [-0.3, -0.25) is 0 Å². The van der Waals surface area contributed by atoms with Crippen LogP contribution >= 0.6 is 11.6 Å². The lowest BCUT2D eigenvalue weighted by Crippen LogP contribution is -2.28. The summed E-state index contributed by atoms with van der Waals surface area (Å²) < 4.78 is 0. The van der Waals surface area contributed by atoms with Crippen LogP contribution in [0.5, 0.6) is 0 Å². The first-order valence-corrected chi connectivity index (χ1v) is 8.69. The van der Waals surface area contributed by atoms with Gasteiger partial charge < -0.3 is 10.2 Å². The van der Waals surface area contributed by atoms with Crippen molar-refractivity contribution in [3.63, 3.8) is 0 Å². The van der Waals surface area contributed by atoms with Gasteiger partial charge in [-0.25, -0.2) is 0 Å². The molecular weight excluding hydrogens is 280 g/mol. The monoisotopic (exact) mass is 308 g/mol. The number of benzene rings is 1. The van der Waals surface area contributed by atoms with E-state index in [4.69, 9.17) is 11.6 Å². The molecule has 3 heteroatoms. The Morgan fingerprint density at radius 3 is 2.81 bits per heavy atom. The van der Waals surface area contributed by atoms with Gasteiger partial charge in [0.05, 0.1) is 0 Å². The van der Waals surface area contributed by atoms with Gasteiger partial charge in [-0.15, -0.1) is 0 Å². The quantitative estimate of drug-likeness (QED) is 0.805. The summed E-state index contributed by atoms with van der Waals surface area (Å²) in [7, 11) is 0. The van der Waals surface area contributed by atoms with Crippen molar-refractivity contribution in [3.05, 3.63) is 34.9 Å². The average Bonchev–Trinajstić information content (AvgIpc) is 2.92. The van der Waals surface area contributed by atoms with Gasteiger partial charge in [0.25, 0.3) is 0 Å². The van der Waals surface area contributed by atoms with Gasteiger partial charge in [0.15, 0.2) is 0 Å². The first kappa shape index (κ1) is 16.8. The van der Waals surface area contributed by atoms with Crippen LogP contribution < -0.4 is 5.32 Å². The molecule has 1 fully saturated rings. The maximum atomic E-state index is 6.13. The van der Waals surface area contributed by atoms with Crippen LogP contribution in [-0.2, 0) is 0 Å². The molecule has 1 aliphatic rings. The maximum absolute atomic E-state index is 6.13. The van der Waals surface area contributed by atoms with E-state index in [0.29, 0.717) is 6.04 Å². The number of nitrogens with zero attached hydrogens (tertiary/aromatic N) is 1. The molecule has 1 N–H and O–H groups in total. The predicted octanol–water partition coefficient (Wildman–Crippen LogP) is 4.36. The molecule has 2 rings (SSSR count). The molecule has 0 aliphatic carbocycles. The van der Waals surface area contributed by atoms with Gasteiger partial charge in [-0.1, -0.05) is 44.5 Å². The number of hydrogen-bond acceptors (Lipinski definition) is 2. The van der Waals surface area contributed by atoms with E-state index in [-0.39, 0.29) is 0 Å². The summed E-state index contributed by atoms with van der Waals surface area (Å²) in [5.74, 6) is 1.70. The van der Waals surface area contributed by atoms with Gasteiger partial charge in [0, 0.05) is 17.6 Å². The predicted molar refractivity (Wildman–Crippen MR) is 91.9 cm³/mol. The molecule has 2 atom stereocenters. The summed E-state index contributed by atoms with van der Waals surface area (Å²) in [5.41, 5.74) is 1.31. The average molecular weight is 309 g/mol. The highest BCUT2D eigenvalue weighted by Gasteiger charge is 2.25. The highest BCUT2D eigenvalue weighted by Crippen LogP contribution is 2.26. The third-order valence-electron chi connectivity index (χ3n) is 4.69. The molecule has 21 heavy (non-hydrogen) atoms. The lowest BCUT2D eigenvalue weighted by Gasteiger charge is -2.23. The fraction of sp³-hybridized carbons (Fsp3) is 0.667. The highest BCUT2D eigenvalue weighted by atomic mass is 35.5. The minimum Gasteiger partial charge on any atom is -0.310 e. The molecule has 1 aromatic rings. The standard InChI is InChI=1S/C18H29ClN2/c1-4-20-18(15-6-5-7-17(19)12-15)9-11-21-10-8-16(13-21)14(2)3/h5-7,12,14,16,18,20H,4,8-11,13H2,1-3H3. The second kappa shape index (κ2) is 8.17. The minimum atomic E-state index is 0.409. The molecule has 0 radical (unpaired) electrons. The van der Waals surface area contributed by atoms with Crippen molar-refractivity contribution in [2.24, 2.45) is 11.8 Å². The SMILES string of the molecule is CCNC(CCN1CCC(C(C)C)C1)c1cccc(Cl)c1. The van der Waals surface area contributed by atoms with E-state index < -0.39 is 0 Å². The minimum absolute atomic E-state index is 0.409. The Morgan fingerprint density at radius 2 is 2.19 bits per heavy atom. The zero-order chi connectivity index (χ0) is 15.2. The van der Waals surface area contributed by atoms with Crippen LogP contribution in [0.25, 0.3) is 0 Å². The summed E-state index contributed by atoms with van der Waals surface area (Å²) in [6.07, 6.45) is 2.51. The molecule has 1 aliphatic heterocycles. The van der Waals surface area contributed by atoms with Crippen molar-refractivity contribution in [2.45, 2.75) is 39.7 Å². The zero-order valence-electron chi connectivity index (χ0n) is 13.6. The molecule has 0 saturated carbocycles. The Bertz CT molecular complexity index is 433. The smallest absolute Gasteiger partial charge is 0.0409 e. The Hall–Kier alpha value is -0.570. The number of nitrogens with one attached hydrogen (secondary N) is 1. The van der Waals surface area contributed by atoms with Crippen LogP contribution in [0, 0.1) is 11.8 Å². The van der Waals surface area contributed by atoms with Crippen molar-refractivity contribution in [1.82, 2.24) is 10.2 Å². The largest absolute Gasteiger partial charge is 0.310 e. The Kier molecular flexibility index (Phi) is 6.53. The van der Waals surface area contributed by atoms with Crippen LogP contribution in [-0.4, -0.2) is 31.1 Å². The molecule has 2 unspecified atom stereocenters. The van der Waals surface area contributed by atoms with Crippen molar-refractivity contribution < 1.29 is 0 Å². The van der Waals surface area contributed by atoms with Crippen LogP contribution in [0.1, 0.15) is 45.2 Å². The summed E-state index contributed by atoms with van der Waals surface area (Å²) >= 11 is 6.13. The van der Waals surface area contributed by atoms with Crippen molar-refractivity contribution in [2.75, 3.05) is 26.2 Å². The summed E-state index contributed by atoms with van der Waals surface area (Å²) in [5, 5.41) is 4.43. The first-order valence-electron chi connectivity index (χ1n) is 8.31. The van der Waals surface area contributed by atoms with E-state index in [0.717, 1.165) is 29.8 Å². The summed E-state index contributed by atoms with van der Waals surface area (Å²) in [6, 6.07) is 8.68. The van der Waals surface area contributed by atoms with E-state index in [1.54, 1.807) is 0 Å². The van der Waals surface area contributed by atoms with Crippen LogP contribution in [0.3, 0.4) is 0 Å². The van der Waals surface area contributed by atoms with E-state index >= 15 is 0 Å². The lowest BCUT2D eigenvalue weighted by molar-refractivity contribution is 0.285.